The van der Waals surface area contributed by atoms with E-state index in [2.05, 4.69) is 15.4 Å². The van der Waals surface area contributed by atoms with Crippen LogP contribution < -0.4 is 10.1 Å². The second kappa shape index (κ2) is 7.09. The molecule has 0 aliphatic heterocycles. The number of rotatable bonds is 4. The number of hydrogen-bond donors (Lipinski definition) is 1. The first-order valence-corrected chi connectivity index (χ1v) is 9.33. The Balaban J connectivity index is 1.67. The summed E-state index contributed by atoms with van der Waals surface area (Å²) in [6.45, 7) is 5.85. The van der Waals surface area contributed by atoms with Gasteiger partial charge in [-0.2, -0.15) is 5.10 Å². The van der Waals surface area contributed by atoms with Gasteiger partial charge in [-0.15, -0.1) is 0 Å². The van der Waals surface area contributed by atoms with E-state index in [1.54, 1.807) is 18.0 Å². The lowest BCUT2D eigenvalue weighted by molar-refractivity contribution is 0.102. The van der Waals surface area contributed by atoms with Crippen LogP contribution in [0.5, 0.6) is 5.75 Å². The van der Waals surface area contributed by atoms with Crippen LogP contribution in [0.1, 0.15) is 27.4 Å². The standard InChI is InChI=1S/C22H23N5O2/c1-13-9-20(15(3)27(13)17-7-6-8-18(11-17)29-5)22(28)24-16-10-19-14(2)25-26(4)21(19)23-12-16/h6-12H,1-5H3,(H,24,28). The topological polar surface area (TPSA) is 74.0 Å². The van der Waals surface area contributed by atoms with Crippen LogP contribution in [-0.4, -0.2) is 32.3 Å². The highest BCUT2D eigenvalue weighted by Gasteiger charge is 2.18. The van der Waals surface area contributed by atoms with Crippen molar-refractivity contribution in [2.45, 2.75) is 20.8 Å². The minimum absolute atomic E-state index is 0.171. The number of nitrogens with zero attached hydrogens (tertiary/aromatic N) is 4. The SMILES string of the molecule is COc1cccc(-n2c(C)cc(C(=O)Nc3cnc4c(c3)c(C)nn4C)c2C)c1. The van der Waals surface area contributed by atoms with Crippen LogP contribution in [0.3, 0.4) is 0 Å². The van der Waals surface area contributed by atoms with E-state index >= 15 is 0 Å². The van der Waals surface area contributed by atoms with E-state index in [1.165, 1.54) is 0 Å². The van der Waals surface area contributed by atoms with Crippen LogP contribution in [0, 0.1) is 20.8 Å². The highest BCUT2D eigenvalue weighted by atomic mass is 16.5. The normalized spacial score (nSPS) is 11.1. The Morgan fingerprint density at radius 1 is 1.14 bits per heavy atom. The summed E-state index contributed by atoms with van der Waals surface area (Å²) in [6, 6.07) is 11.6. The van der Waals surface area contributed by atoms with Gasteiger partial charge in [0.25, 0.3) is 5.91 Å². The molecule has 0 aliphatic rings. The van der Waals surface area contributed by atoms with E-state index < -0.39 is 0 Å². The lowest BCUT2D eigenvalue weighted by Gasteiger charge is -2.11. The maximum Gasteiger partial charge on any atom is 0.257 e. The van der Waals surface area contributed by atoms with Gasteiger partial charge in [0.15, 0.2) is 5.65 Å². The molecule has 4 rings (SSSR count). The Bertz CT molecular complexity index is 1240. The minimum Gasteiger partial charge on any atom is -0.497 e. The maximum atomic E-state index is 13.0. The van der Waals surface area contributed by atoms with Crippen LogP contribution in [0.25, 0.3) is 16.7 Å². The molecule has 3 heterocycles. The molecule has 4 aromatic rings. The predicted octanol–water partition coefficient (Wildman–Crippen LogP) is 3.95. The fourth-order valence-electron chi connectivity index (χ4n) is 3.71. The van der Waals surface area contributed by atoms with E-state index in [0.29, 0.717) is 11.3 Å². The van der Waals surface area contributed by atoms with Crippen molar-refractivity contribution in [1.29, 1.82) is 0 Å². The fourth-order valence-corrected chi connectivity index (χ4v) is 3.71. The third kappa shape index (κ3) is 3.24. The molecule has 0 fully saturated rings. The molecule has 0 aliphatic carbocycles. The number of fused-ring (bicyclic) bond motifs is 1. The molecule has 0 atom stereocenters. The van der Waals surface area contributed by atoms with Gasteiger partial charge in [-0.05, 0) is 45.0 Å². The number of carbonyl (C=O) groups excluding carboxylic acids is 1. The Labute approximate surface area is 168 Å². The van der Waals surface area contributed by atoms with Crippen molar-refractivity contribution in [1.82, 2.24) is 19.3 Å². The number of nitrogens with one attached hydrogen (secondary N) is 1. The quantitative estimate of drug-likeness (QED) is 0.574. The largest absolute Gasteiger partial charge is 0.497 e. The van der Waals surface area contributed by atoms with E-state index in [9.17, 15) is 4.79 Å². The van der Waals surface area contributed by atoms with Crippen LogP contribution in [0.4, 0.5) is 5.69 Å². The van der Waals surface area contributed by atoms with E-state index in [4.69, 9.17) is 4.74 Å². The Morgan fingerprint density at radius 3 is 2.69 bits per heavy atom. The van der Waals surface area contributed by atoms with Crippen molar-refractivity contribution in [2.24, 2.45) is 7.05 Å². The summed E-state index contributed by atoms with van der Waals surface area (Å²) in [5.41, 5.74) is 5.71. The van der Waals surface area contributed by atoms with Gasteiger partial charge < -0.3 is 14.6 Å². The first-order valence-electron chi connectivity index (χ1n) is 9.33. The van der Waals surface area contributed by atoms with Crippen molar-refractivity contribution in [2.75, 3.05) is 12.4 Å². The van der Waals surface area contributed by atoms with E-state index in [0.717, 1.165) is 39.6 Å². The first-order chi connectivity index (χ1) is 13.9. The number of aromatic nitrogens is 4. The van der Waals surface area contributed by atoms with Crippen molar-refractivity contribution in [3.8, 4) is 11.4 Å². The van der Waals surface area contributed by atoms with Gasteiger partial charge in [-0.25, -0.2) is 4.98 Å². The second-order valence-electron chi connectivity index (χ2n) is 7.08. The maximum absolute atomic E-state index is 13.0. The number of hydrogen-bond acceptors (Lipinski definition) is 4. The monoisotopic (exact) mass is 389 g/mol. The smallest absolute Gasteiger partial charge is 0.257 e. The highest BCUT2D eigenvalue weighted by molar-refractivity contribution is 6.06. The Hall–Kier alpha value is -3.61. The molecule has 148 valence electrons. The summed E-state index contributed by atoms with van der Waals surface area (Å²) in [6.07, 6.45) is 1.66. The van der Waals surface area contributed by atoms with Gasteiger partial charge in [0.05, 0.1) is 30.3 Å². The fraction of sp³-hybridized carbons (Fsp3) is 0.227. The summed E-state index contributed by atoms with van der Waals surface area (Å²) >= 11 is 0. The summed E-state index contributed by atoms with van der Waals surface area (Å²) in [4.78, 5) is 17.4. The molecule has 29 heavy (non-hydrogen) atoms. The van der Waals surface area contributed by atoms with Crippen molar-refractivity contribution in [3.05, 3.63) is 65.2 Å². The molecule has 1 N–H and O–H groups in total. The molecule has 0 saturated heterocycles. The zero-order chi connectivity index (χ0) is 20.7. The zero-order valence-electron chi connectivity index (χ0n) is 17.1. The molecule has 0 radical (unpaired) electrons. The van der Waals surface area contributed by atoms with Gasteiger partial charge in [-0.1, -0.05) is 6.07 Å². The number of aryl methyl sites for hydroxylation is 3. The summed E-state index contributed by atoms with van der Waals surface area (Å²) in [5.74, 6) is 0.599. The third-order valence-electron chi connectivity index (χ3n) is 5.11. The minimum atomic E-state index is -0.171. The average Bonchev–Trinajstić information content (AvgIpc) is 3.16. The number of pyridine rings is 1. The van der Waals surface area contributed by atoms with Crippen molar-refractivity contribution < 1.29 is 9.53 Å². The van der Waals surface area contributed by atoms with Crippen molar-refractivity contribution in [3.63, 3.8) is 0 Å². The number of methoxy groups -OCH3 is 1. The molecule has 0 bridgehead atoms. The molecule has 0 unspecified atom stereocenters. The van der Waals surface area contributed by atoms with Crippen molar-refractivity contribution >= 4 is 22.6 Å². The summed E-state index contributed by atoms with van der Waals surface area (Å²) < 4.78 is 9.11. The van der Waals surface area contributed by atoms with Gasteiger partial charge >= 0.3 is 0 Å². The van der Waals surface area contributed by atoms with Crippen LogP contribution in [0.2, 0.25) is 0 Å². The first kappa shape index (κ1) is 18.7. The molecule has 1 amide bonds. The number of ether oxygens (including phenoxy) is 1. The number of carbonyl (C=O) groups is 1. The van der Waals surface area contributed by atoms with Gasteiger partial charge in [0.1, 0.15) is 5.75 Å². The average molecular weight is 389 g/mol. The molecular formula is C22H23N5O2. The lowest BCUT2D eigenvalue weighted by atomic mass is 10.2. The molecule has 0 saturated carbocycles. The van der Waals surface area contributed by atoms with E-state index in [1.807, 2.05) is 68.8 Å². The molecule has 3 aromatic heterocycles. The van der Waals surface area contributed by atoms with Crippen LogP contribution >= 0.6 is 0 Å². The van der Waals surface area contributed by atoms with Gasteiger partial charge in [-0.3, -0.25) is 9.48 Å². The molecule has 1 aromatic carbocycles. The summed E-state index contributed by atoms with van der Waals surface area (Å²) in [5, 5.41) is 8.26. The lowest BCUT2D eigenvalue weighted by Crippen LogP contribution is -2.13. The second-order valence-corrected chi connectivity index (χ2v) is 7.08. The Morgan fingerprint density at radius 2 is 1.93 bits per heavy atom. The van der Waals surface area contributed by atoms with Crippen LogP contribution in [0.15, 0.2) is 42.6 Å². The number of benzene rings is 1. The molecule has 0 spiro atoms. The van der Waals surface area contributed by atoms with Gasteiger partial charge in [0.2, 0.25) is 0 Å². The summed E-state index contributed by atoms with van der Waals surface area (Å²) in [7, 11) is 3.50. The molecular weight excluding hydrogens is 366 g/mol. The molecule has 7 nitrogen and oxygen atoms in total. The number of anilines is 1. The zero-order valence-corrected chi connectivity index (χ0v) is 17.1. The Kier molecular flexibility index (Phi) is 4.58. The third-order valence-corrected chi connectivity index (χ3v) is 5.11. The highest BCUT2D eigenvalue weighted by Crippen LogP contribution is 2.25. The van der Waals surface area contributed by atoms with Gasteiger partial charge in [0, 0.05) is 35.6 Å². The number of amides is 1. The molecule has 7 heteroatoms. The van der Waals surface area contributed by atoms with Crippen LogP contribution in [-0.2, 0) is 7.05 Å². The predicted molar refractivity (Wildman–Crippen MR) is 113 cm³/mol. The van der Waals surface area contributed by atoms with E-state index in [-0.39, 0.29) is 5.91 Å².